The van der Waals surface area contributed by atoms with Gasteiger partial charge >= 0.3 is 5.97 Å². The van der Waals surface area contributed by atoms with E-state index in [9.17, 15) is 14.4 Å². The molecule has 0 radical (unpaired) electrons. The first-order valence-corrected chi connectivity index (χ1v) is 11.0. The summed E-state index contributed by atoms with van der Waals surface area (Å²) in [6.07, 6.45) is 1.38. The van der Waals surface area contributed by atoms with E-state index in [0.717, 1.165) is 0 Å². The number of rotatable bonds is 11. The predicted octanol–water partition coefficient (Wildman–Crippen LogP) is 3.13. The number of methoxy groups -OCH3 is 2. The molecule has 2 aromatic carbocycles. The summed E-state index contributed by atoms with van der Waals surface area (Å²) in [7, 11) is 2.99. The summed E-state index contributed by atoms with van der Waals surface area (Å²) in [4.78, 5) is 36.2. The van der Waals surface area contributed by atoms with Crippen LogP contribution in [-0.4, -0.2) is 51.4 Å². The van der Waals surface area contributed by atoms with Crippen molar-refractivity contribution in [3.63, 3.8) is 0 Å². The van der Waals surface area contributed by atoms with Gasteiger partial charge in [-0.05, 0) is 71.7 Å². The molecule has 11 heteroatoms. The minimum Gasteiger partial charge on any atom is -0.497 e. The lowest BCUT2D eigenvalue weighted by atomic mass is 10.1. The smallest absolute Gasteiger partial charge is 0.344 e. The van der Waals surface area contributed by atoms with Crippen LogP contribution in [0.4, 0.5) is 5.69 Å². The fourth-order valence-electron chi connectivity index (χ4n) is 2.60. The highest BCUT2D eigenvalue weighted by atomic mass is 79.9. The van der Waals surface area contributed by atoms with Crippen LogP contribution in [-0.2, 0) is 19.1 Å². The van der Waals surface area contributed by atoms with E-state index in [1.807, 2.05) is 0 Å². The quantitative estimate of drug-likeness (QED) is 0.196. The Kier molecular flexibility index (Phi) is 10.3. The summed E-state index contributed by atoms with van der Waals surface area (Å²) in [6, 6.07) is 10.0. The average Bonchev–Trinajstić information content (AvgIpc) is 2.83. The van der Waals surface area contributed by atoms with E-state index in [-0.39, 0.29) is 13.2 Å². The van der Waals surface area contributed by atoms with Crippen molar-refractivity contribution in [3.8, 4) is 17.2 Å². The molecular weight excluding hydrogens is 510 g/mol. The van der Waals surface area contributed by atoms with Crippen LogP contribution < -0.4 is 25.0 Å². The molecule has 0 saturated carbocycles. The van der Waals surface area contributed by atoms with Gasteiger partial charge in [-0.25, -0.2) is 10.2 Å². The summed E-state index contributed by atoms with van der Waals surface area (Å²) in [5.74, 6) is -1.23. The maximum atomic E-state index is 12.3. The maximum absolute atomic E-state index is 12.3. The minimum absolute atomic E-state index is 0.253. The number of benzene rings is 2. The van der Waals surface area contributed by atoms with Gasteiger partial charge in [-0.2, -0.15) is 5.10 Å². The van der Waals surface area contributed by atoms with Crippen molar-refractivity contribution in [1.82, 2.24) is 5.43 Å². The summed E-state index contributed by atoms with van der Waals surface area (Å²) in [6.45, 7) is 3.15. The molecule has 0 aliphatic heterocycles. The number of esters is 1. The van der Waals surface area contributed by atoms with Crippen molar-refractivity contribution >= 4 is 45.6 Å². The lowest BCUT2D eigenvalue weighted by Crippen LogP contribution is -2.34. The highest BCUT2D eigenvalue weighted by Crippen LogP contribution is 2.36. The third kappa shape index (κ3) is 7.77. The average molecular weight is 536 g/mol. The Bertz CT molecular complexity index is 1040. The number of hydrogen-bond donors (Lipinski definition) is 2. The molecule has 34 heavy (non-hydrogen) atoms. The number of ether oxygens (including phenoxy) is 4. The van der Waals surface area contributed by atoms with Gasteiger partial charge in [0.25, 0.3) is 5.91 Å². The van der Waals surface area contributed by atoms with Gasteiger partial charge in [0.05, 0.1) is 31.5 Å². The largest absolute Gasteiger partial charge is 0.497 e. The summed E-state index contributed by atoms with van der Waals surface area (Å²) in [5, 5.41) is 6.57. The van der Waals surface area contributed by atoms with Crippen molar-refractivity contribution in [3.05, 3.63) is 46.4 Å². The number of anilines is 1. The summed E-state index contributed by atoms with van der Waals surface area (Å²) in [5.41, 5.74) is 3.45. The molecule has 2 rings (SSSR count). The molecule has 182 valence electrons. The third-order valence-corrected chi connectivity index (χ3v) is 5.01. The molecule has 0 aromatic heterocycles. The zero-order valence-corrected chi connectivity index (χ0v) is 20.8. The van der Waals surface area contributed by atoms with E-state index in [2.05, 4.69) is 31.8 Å². The van der Waals surface area contributed by atoms with Crippen LogP contribution in [0.3, 0.4) is 0 Å². The van der Waals surface area contributed by atoms with Gasteiger partial charge in [0.1, 0.15) is 11.7 Å². The Hall–Kier alpha value is -3.60. The van der Waals surface area contributed by atoms with Gasteiger partial charge in [-0.15, -0.1) is 0 Å². The number of hydrazone groups is 1. The first-order chi connectivity index (χ1) is 16.3. The molecule has 1 atom stereocenters. The molecule has 1 unspecified atom stereocenters. The van der Waals surface area contributed by atoms with Gasteiger partial charge in [-0.1, -0.05) is 0 Å². The second kappa shape index (κ2) is 13.2. The van der Waals surface area contributed by atoms with Crippen LogP contribution in [0.5, 0.6) is 17.2 Å². The molecular formula is C23H26BrN3O7. The Morgan fingerprint density at radius 3 is 2.41 bits per heavy atom. The number of carbonyl (C=O) groups is 3. The lowest BCUT2D eigenvalue weighted by Gasteiger charge is -2.13. The molecule has 0 fully saturated rings. The Morgan fingerprint density at radius 2 is 1.79 bits per heavy atom. The number of nitrogens with zero attached hydrogens (tertiary/aromatic N) is 1. The molecule has 0 aliphatic carbocycles. The maximum Gasteiger partial charge on any atom is 0.344 e. The molecule has 10 nitrogen and oxygen atoms in total. The van der Waals surface area contributed by atoms with E-state index >= 15 is 0 Å². The van der Waals surface area contributed by atoms with Crippen LogP contribution in [0.15, 0.2) is 46.0 Å². The second-order valence-corrected chi connectivity index (χ2v) is 7.66. The zero-order chi connectivity index (χ0) is 25.1. The number of halogens is 1. The van der Waals surface area contributed by atoms with Gasteiger partial charge in [0.2, 0.25) is 5.91 Å². The molecule has 2 amide bonds. The van der Waals surface area contributed by atoms with Gasteiger partial charge in [0, 0.05) is 5.69 Å². The van der Waals surface area contributed by atoms with E-state index in [1.54, 1.807) is 50.4 Å². The number of hydrogen-bond acceptors (Lipinski definition) is 8. The topological polar surface area (TPSA) is 125 Å². The van der Waals surface area contributed by atoms with Crippen molar-refractivity contribution in [2.24, 2.45) is 11.0 Å². The van der Waals surface area contributed by atoms with Crippen molar-refractivity contribution < 1.29 is 33.3 Å². The van der Waals surface area contributed by atoms with Crippen LogP contribution >= 0.6 is 15.9 Å². The predicted molar refractivity (Wildman–Crippen MR) is 129 cm³/mol. The molecule has 0 spiro atoms. The highest BCUT2D eigenvalue weighted by Gasteiger charge is 2.21. The molecule has 2 N–H and O–H groups in total. The molecule has 2 aromatic rings. The third-order valence-electron chi connectivity index (χ3n) is 4.42. The first kappa shape index (κ1) is 26.7. The van der Waals surface area contributed by atoms with Crippen LogP contribution in [0, 0.1) is 5.92 Å². The molecule has 0 bridgehead atoms. The van der Waals surface area contributed by atoms with Crippen molar-refractivity contribution in [2.45, 2.75) is 13.8 Å². The number of amides is 2. The van der Waals surface area contributed by atoms with Gasteiger partial charge in [-0.3, -0.25) is 9.59 Å². The zero-order valence-electron chi connectivity index (χ0n) is 19.2. The van der Waals surface area contributed by atoms with Crippen molar-refractivity contribution in [2.75, 3.05) is 32.8 Å². The van der Waals surface area contributed by atoms with E-state index in [1.165, 1.54) is 20.2 Å². The lowest BCUT2D eigenvalue weighted by molar-refractivity contribution is -0.145. The molecule has 0 saturated heterocycles. The minimum atomic E-state index is -0.987. The van der Waals surface area contributed by atoms with E-state index in [0.29, 0.717) is 33.0 Å². The highest BCUT2D eigenvalue weighted by molar-refractivity contribution is 9.10. The Labute approximate surface area is 205 Å². The van der Waals surface area contributed by atoms with Gasteiger partial charge in [0.15, 0.2) is 18.1 Å². The normalized spacial score (nSPS) is 11.4. The van der Waals surface area contributed by atoms with Crippen LogP contribution in [0.25, 0.3) is 0 Å². The molecule has 0 heterocycles. The monoisotopic (exact) mass is 535 g/mol. The van der Waals surface area contributed by atoms with Crippen molar-refractivity contribution in [1.29, 1.82) is 0 Å². The summed E-state index contributed by atoms with van der Waals surface area (Å²) >= 11 is 3.36. The van der Waals surface area contributed by atoms with E-state index < -0.39 is 23.7 Å². The second-order valence-electron chi connectivity index (χ2n) is 6.80. The van der Waals surface area contributed by atoms with Gasteiger partial charge < -0.3 is 24.3 Å². The molecule has 0 aliphatic rings. The number of carbonyl (C=O) groups excluding carboxylic acids is 3. The Balaban J connectivity index is 1.97. The Morgan fingerprint density at radius 1 is 1.09 bits per heavy atom. The first-order valence-electron chi connectivity index (χ1n) is 10.2. The summed E-state index contributed by atoms with van der Waals surface area (Å²) < 4.78 is 21.2. The van der Waals surface area contributed by atoms with Crippen LogP contribution in [0.2, 0.25) is 0 Å². The standard InChI is InChI=1S/C23H26BrN3O7/c1-5-33-20(28)13-34-21-18(24)10-15(11-19(21)32-4)12-25-27-23(30)14(2)22(29)26-16-6-8-17(31-3)9-7-16/h6-12,14H,5,13H2,1-4H3,(H,26,29)(H,27,30). The number of nitrogens with one attached hydrogen (secondary N) is 2. The van der Waals surface area contributed by atoms with Crippen LogP contribution in [0.1, 0.15) is 19.4 Å². The fraction of sp³-hybridized carbons (Fsp3) is 0.304. The fourth-order valence-corrected chi connectivity index (χ4v) is 3.17. The van der Waals surface area contributed by atoms with E-state index in [4.69, 9.17) is 18.9 Å². The SMILES string of the molecule is CCOC(=O)COc1c(Br)cc(C=NNC(=O)C(C)C(=O)Nc2ccc(OC)cc2)cc1OC.